The Morgan fingerprint density at radius 2 is 1.79 bits per heavy atom. The quantitative estimate of drug-likeness (QED) is 0.520. The number of anilines is 1. The normalized spacial score (nSPS) is 10.9. The molecule has 1 N–H and O–H groups in total. The van der Waals surface area contributed by atoms with Crippen molar-refractivity contribution in [1.29, 1.82) is 0 Å². The van der Waals surface area contributed by atoms with E-state index in [1.807, 2.05) is 31.2 Å². The number of fused-ring (bicyclic) bond motifs is 1. The van der Waals surface area contributed by atoms with E-state index in [0.29, 0.717) is 16.5 Å². The summed E-state index contributed by atoms with van der Waals surface area (Å²) in [6.07, 6.45) is 0. The van der Waals surface area contributed by atoms with Gasteiger partial charge in [0.05, 0.1) is 11.4 Å². The molecule has 2 aromatic heterocycles. The number of halogens is 1. The molecule has 140 valence electrons. The molecule has 0 spiro atoms. The van der Waals surface area contributed by atoms with E-state index >= 15 is 0 Å². The number of carbonyl (C=O) groups excluding carboxylic acids is 1. The molecule has 0 radical (unpaired) electrons. The highest BCUT2D eigenvalue weighted by Crippen LogP contribution is 2.21. The second kappa shape index (κ2) is 7.77. The van der Waals surface area contributed by atoms with Gasteiger partial charge in [-0.05, 0) is 55.5 Å². The standard InChI is InChI=1S/C20H16FN5OS/c1-13-2-8-16(9-3-13)22-19(27)12-28-20-24-23-18-11-10-17(25-26(18)20)14-4-6-15(21)7-5-14/h2-11H,12H2,1H3,(H,22,27). The topological polar surface area (TPSA) is 72.2 Å². The van der Waals surface area contributed by atoms with Crippen molar-refractivity contribution in [1.82, 2.24) is 19.8 Å². The number of carbonyl (C=O) groups is 1. The Morgan fingerprint density at radius 1 is 1.04 bits per heavy atom. The highest BCUT2D eigenvalue weighted by Gasteiger charge is 2.12. The number of benzene rings is 2. The van der Waals surface area contributed by atoms with Crippen molar-refractivity contribution < 1.29 is 9.18 Å². The zero-order chi connectivity index (χ0) is 19.5. The van der Waals surface area contributed by atoms with Crippen LogP contribution < -0.4 is 5.32 Å². The van der Waals surface area contributed by atoms with Gasteiger partial charge in [0.2, 0.25) is 11.1 Å². The summed E-state index contributed by atoms with van der Waals surface area (Å²) in [5, 5.41) is 16.1. The molecule has 0 saturated carbocycles. The van der Waals surface area contributed by atoms with Crippen LogP contribution in [-0.2, 0) is 4.79 Å². The fourth-order valence-electron chi connectivity index (χ4n) is 2.60. The molecular formula is C20H16FN5OS. The van der Waals surface area contributed by atoms with Gasteiger partial charge >= 0.3 is 0 Å². The van der Waals surface area contributed by atoms with Crippen LogP contribution in [0.25, 0.3) is 16.9 Å². The van der Waals surface area contributed by atoms with Crippen molar-refractivity contribution in [3.8, 4) is 11.3 Å². The molecule has 4 rings (SSSR count). The average molecular weight is 393 g/mol. The van der Waals surface area contributed by atoms with E-state index in [4.69, 9.17) is 0 Å². The molecule has 0 fully saturated rings. The van der Waals surface area contributed by atoms with E-state index in [1.54, 1.807) is 28.8 Å². The number of rotatable bonds is 5. The number of thioether (sulfide) groups is 1. The number of aryl methyl sites for hydroxylation is 1. The van der Waals surface area contributed by atoms with Gasteiger partial charge < -0.3 is 5.32 Å². The molecule has 0 aliphatic rings. The van der Waals surface area contributed by atoms with Crippen molar-refractivity contribution >= 4 is 29.0 Å². The van der Waals surface area contributed by atoms with Crippen LogP contribution in [0.4, 0.5) is 10.1 Å². The Bertz CT molecular complexity index is 1130. The number of hydrogen-bond donors (Lipinski definition) is 1. The fourth-order valence-corrected chi connectivity index (χ4v) is 3.29. The predicted molar refractivity (Wildman–Crippen MR) is 107 cm³/mol. The first-order chi connectivity index (χ1) is 13.6. The first-order valence-corrected chi connectivity index (χ1v) is 9.55. The van der Waals surface area contributed by atoms with Crippen LogP contribution in [0.1, 0.15) is 5.56 Å². The van der Waals surface area contributed by atoms with Crippen molar-refractivity contribution in [3.63, 3.8) is 0 Å². The van der Waals surface area contributed by atoms with Crippen LogP contribution in [0.15, 0.2) is 65.8 Å². The summed E-state index contributed by atoms with van der Waals surface area (Å²) in [5.41, 5.74) is 3.90. The van der Waals surface area contributed by atoms with Crippen LogP contribution in [0.5, 0.6) is 0 Å². The molecule has 2 aromatic carbocycles. The monoisotopic (exact) mass is 393 g/mol. The molecule has 28 heavy (non-hydrogen) atoms. The lowest BCUT2D eigenvalue weighted by Gasteiger charge is -2.05. The smallest absolute Gasteiger partial charge is 0.234 e. The molecular weight excluding hydrogens is 377 g/mol. The third kappa shape index (κ3) is 4.01. The maximum absolute atomic E-state index is 13.1. The average Bonchev–Trinajstić information content (AvgIpc) is 3.11. The molecule has 0 aliphatic heterocycles. The third-order valence-corrected chi connectivity index (χ3v) is 4.96. The zero-order valence-electron chi connectivity index (χ0n) is 15.0. The Hall–Kier alpha value is -3.26. The van der Waals surface area contributed by atoms with Gasteiger partial charge in [0.1, 0.15) is 5.82 Å². The SMILES string of the molecule is Cc1ccc(NC(=O)CSc2nnc3ccc(-c4ccc(F)cc4)nn23)cc1. The van der Waals surface area contributed by atoms with E-state index < -0.39 is 0 Å². The third-order valence-electron chi connectivity index (χ3n) is 4.04. The van der Waals surface area contributed by atoms with Crippen molar-refractivity contribution in [2.75, 3.05) is 11.1 Å². The molecule has 0 bridgehead atoms. The number of amides is 1. The molecule has 0 aliphatic carbocycles. The molecule has 4 aromatic rings. The highest BCUT2D eigenvalue weighted by molar-refractivity contribution is 7.99. The summed E-state index contributed by atoms with van der Waals surface area (Å²) in [5.74, 6) is -0.262. The van der Waals surface area contributed by atoms with Gasteiger partial charge in [-0.2, -0.15) is 9.61 Å². The number of nitrogens with one attached hydrogen (secondary N) is 1. The first-order valence-electron chi connectivity index (χ1n) is 8.56. The van der Waals surface area contributed by atoms with Crippen LogP contribution in [-0.4, -0.2) is 31.5 Å². The van der Waals surface area contributed by atoms with E-state index in [0.717, 1.165) is 16.8 Å². The van der Waals surface area contributed by atoms with Gasteiger partial charge in [-0.15, -0.1) is 10.2 Å². The summed E-state index contributed by atoms with van der Waals surface area (Å²) in [6.45, 7) is 1.99. The summed E-state index contributed by atoms with van der Waals surface area (Å²) in [6, 6.07) is 17.3. The van der Waals surface area contributed by atoms with E-state index in [1.165, 1.54) is 23.9 Å². The van der Waals surface area contributed by atoms with Gasteiger partial charge in [0.15, 0.2) is 5.65 Å². The molecule has 0 unspecified atom stereocenters. The molecule has 2 heterocycles. The Kier molecular flexibility index (Phi) is 5.03. The van der Waals surface area contributed by atoms with Crippen LogP contribution in [0.2, 0.25) is 0 Å². The van der Waals surface area contributed by atoms with Crippen molar-refractivity contribution in [2.45, 2.75) is 12.1 Å². The zero-order valence-corrected chi connectivity index (χ0v) is 15.8. The summed E-state index contributed by atoms with van der Waals surface area (Å²) < 4.78 is 14.7. The minimum absolute atomic E-state index is 0.139. The van der Waals surface area contributed by atoms with E-state index in [2.05, 4.69) is 20.6 Å². The number of aromatic nitrogens is 4. The predicted octanol–water partition coefficient (Wildman–Crippen LogP) is 3.97. The second-order valence-corrected chi connectivity index (χ2v) is 7.12. The van der Waals surface area contributed by atoms with Gasteiger partial charge in [-0.25, -0.2) is 4.39 Å². The highest BCUT2D eigenvalue weighted by atomic mass is 32.2. The Balaban J connectivity index is 1.49. The van der Waals surface area contributed by atoms with E-state index in [9.17, 15) is 9.18 Å². The van der Waals surface area contributed by atoms with Crippen LogP contribution in [0, 0.1) is 12.7 Å². The molecule has 0 saturated heterocycles. The Labute approximate surface area is 164 Å². The maximum atomic E-state index is 13.1. The van der Waals surface area contributed by atoms with Gasteiger partial charge in [-0.1, -0.05) is 29.5 Å². The van der Waals surface area contributed by atoms with Crippen LogP contribution >= 0.6 is 11.8 Å². The number of nitrogens with zero attached hydrogens (tertiary/aromatic N) is 4. The van der Waals surface area contributed by atoms with Gasteiger partial charge in [-0.3, -0.25) is 4.79 Å². The van der Waals surface area contributed by atoms with Crippen LogP contribution in [0.3, 0.4) is 0 Å². The second-order valence-electron chi connectivity index (χ2n) is 6.18. The minimum atomic E-state index is -0.301. The first kappa shape index (κ1) is 18.1. The number of hydrogen-bond acceptors (Lipinski definition) is 5. The fraction of sp³-hybridized carbons (Fsp3) is 0.100. The molecule has 1 amide bonds. The van der Waals surface area contributed by atoms with Crippen molar-refractivity contribution in [3.05, 3.63) is 72.0 Å². The minimum Gasteiger partial charge on any atom is -0.325 e. The van der Waals surface area contributed by atoms with E-state index in [-0.39, 0.29) is 17.5 Å². The van der Waals surface area contributed by atoms with Gasteiger partial charge in [0, 0.05) is 11.3 Å². The summed E-state index contributed by atoms with van der Waals surface area (Å²) in [7, 11) is 0. The largest absolute Gasteiger partial charge is 0.325 e. The summed E-state index contributed by atoms with van der Waals surface area (Å²) in [4.78, 5) is 12.2. The summed E-state index contributed by atoms with van der Waals surface area (Å²) >= 11 is 1.25. The van der Waals surface area contributed by atoms with Gasteiger partial charge in [0.25, 0.3) is 0 Å². The lowest BCUT2D eigenvalue weighted by Crippen LogP contribution is -2.14. The molecule has 6 nitrogen and oxygen atoms in total. The van der Waals surface area contributed by atoms with Crippen molar-refractivity contribution in [2.24, 2.45) is 0 Å². The molecule has 8 heteroatoms. The lowest BCUT2D eigenvalue weighted by molar-refractivity contribution is -0.113. The lowest BCUT2D eigenvalue weighted by atomic mass is 10.1. The Morgan fingerprint density at radius 3 is 2.54 bits per heavy atom. The molecule has 0 atom stereocenters. The maximum Gasteiger partial charge on any atom is 0.234 e.